The van der Waals surface area contributed by atoms with Crippen LogP contribution in [0.15, 0.2) is 66.7 Å². The van der Waals surface area contributed by atoms with Crippen LogP contribution in [0.25, 0.3) is 0 Å². The Hall–Kier alpha value is -2.43. The van der Waals surface area contributed by atoms with Crippen molar-refractivity contribution < 1.29 is 13.5 Å². The maximum atomic E-state index is 13.7. The minimum atomic E-state index is -0.376. The molecule has 0 bridgehead atoms. The van der Waals surface area contributed by atoms with Gasteiger partial charge in [0.25, 0.3) is 0 Å². The SMILES string of the molecule is Fc1ccc(CNCc2ccc(OCc3c(F)cccc3Cl)cc2)cc1. The van der Waals surface area contributed by atoms with E-state index in [9.17, 15) is 8.78 Å². The molecule has 134 valence electrons. The summed E-state index contributed by atoms with van der Waals surface area (Å²) in [4.78, 5) is 0. The molecule has 0 atom stereocenters. The van der Waals surface area contributed by atoms with E-state index in [0.717, 1.165) is 11.1 Å². The lowest BCUT2D eigenvalue weighted by atomic mass is 10.2. The van der Waals surface area contributed by atoms with Crippen molar-refractivity contribution in [2.24, 2.45) is 0 Å². The Labute approximate surface area is 156 Å². The molecular formula is C21H18ClF2NO. The molecule has 0 unspecified atom stereocenters. The van der Waals surface area contributed by atoms with E-state index in [1.807, 2.05) is 24.3 Å². The molecule has 2 nitrogen and oxygen atoms in total. The Morgan fingerprint density at radius 3 is 2.04 bits per heavy atom. The van der Waals surface area contributed by atoms with E-state index in [4.69, 9.17) is 16.3 Å². The Balaban J connectivity index is 1.49. The average molecular weight is 374 g/mol. The van der Waals surface area contributed by atoms with Gasteiger partial charge in [-0.25, -0.2) is 8.78 Å². The second-order valence-corrected chi connectivity index (χ2v) is 6.27. The molecule has 0 saturated heterocycles. The monoisotopic (exact) mass is 373 g/mol. The quantitative estimate of drug-likeness (QED) is 0.591. The molecule has 3 aromatic rings. The maximum absolute atomic E-state index is 13.7. The van der Waals surface area contributed by atoms with Crippen molar-refractivity contribution in [2.75, 3.05) is 0 Å². The Kier molecular flexibility index (Phi) is 6.21. The van der Waals surface area contributed by atoms with E-state index < -0.39 is 0 Å². The molecule has 0 spiro atoms. The lowest BCUT2D eigenvalue weighted by molar-refractivity contribution is 0.300. The summed E-state index contributed by atoms with van der Waals surface area (Å²) >= 11 is 5.99. The fourth-order valence-corrected chi connectivity index (χ4v) is 2.70. The molecule has 0 heterocycles. The Bertz CT molecular complexity index is 831. The zero-order valence-corrected chi connectivity index (χ0v) is 14.8. The lowest BCUT2D eigenvalue weighted by Gasteiger charge is -2.10. The van der Waals surface area contributed by atoms with Crippen LogP contribution >= 0.6 is 11.6 Å². The van der Waals surface area contributed by atoms with E-state index in [-0.39, 0.29) is 18.2 Å². The van der Waals surface area contributed by atoms with Gasteiger partial charge in [0.1, 0.15) is 24.0 Å². The highest BCUT2D eigenvalue weighted by molar-refractivity contribution is 6.31. The van der Waals surface area contributed by atoms with Gasteiger partial charge in [-0.3, -0.25) is 0 Å². The largest absolute Gasteiger partial charge is 0.489 e. The van der Waals surface area contributed by atoms with Crippen molar-refractivity contribution in [1.82, 2.24) is 5.32 Å². The second kappa shape index (κ2) is 8.79. The number of nitrogens with one attached hydrogen (secondary N) is 1. The number of rotatable bonds is 7. The van der Waals surface area contributed by atoms with Crippen molar-refractivity contribution in [3.05, 3.63) is 100 Å². The molecule has 3 rings (SSSR count). The van der Waals surface area contributed by atoms with E-state index in [1.54, 1.807) is 24.3 Å². The molecular weight excluding hydrogens is 356 g/mol. The molecule has 1 N–H and O–H groups in total. The van der Waals surface area contributed by atoms with Gasteiger partial charge >= 0.3 is 0 Å². The molecule has 3 aromatic carbocycles. The molecule has 0 aliphatic heterocycles. The lowest BCUT2D eigenvalue weighted by Crippen LogP contribution is -2.12. The van der Waals surface area contributed by atoms with E-state index >= 15 is 0 Å². The standard InChI is InChI=1S/C21H18ClF2NO/c22-20-2-1-3-21(24)19(20)14-26-18-10-6-16(7-11-18)13-25-12-15-4-8-17(23)9-5-15/h1-11,25H,12-14H2. The summed E-state index contributed by atoms with van der Waals surface area (Å²) in [5, 5.41) is 3.65. The van der Waals surface area contributed by atoms with Gasteiger partial charge in [-0.1, -0.05) is 41.9 Å². The van der Waals surface area contributed by atoms with E-state index in [0.29, 0.717) is 29.4 Å². The van der Waals surface area contributed by atoms with Crippen LogP contribution in [0, 0.1) is 11.6 Å². The third-order valence-electron chi connectivity index (χ3n) is 3.94. The smallest absolute Gasteiger partial charge is 0.131 e. The number of benzene rings is 3. The number of hydrogen-bond acceptors (Lipinski definition) is 2. The van der Waals surface area contributed by atoms with Crippen LogP contribution in [-0.4, -0.2) is 0 Å². The first kappa shape index (κ1) is 18.4. The topological polar surface area (TPSA) is 21.3 Å². The molecule has 0 saturated carbocycles. The molecule has 0 radical (unpaired) electrons. The first-order chi connectivity index (χ1) is 12.6. The number of halogens is 3. The van der Waals surface area contributed by atoms with Crippen molar-refractivity contribution in [2.45, 2.75) is 19.7 Å². The Morgan fingerprint density at radius 1 is 0.808 bits per heavy atom. The molecule has 26 heavy (non-hydrogen) atoms. The third-order valence-corrected chi connectivity index (χ3v) is 4.29. The highest BCUT2D eigenvalue weighted by Crippen LogP contribution is 2.21. The number of ether oxygens (including phenoxy) is 1. The van der Waals surface area contributed by atoms with E-state index in [1.165, 1.54) is 18.2 Å². The summed E-state index contributed by atoms with van der Waals surface area (Å²) in [7, 11) is 0. The summed E-state index contributed by atoms with van der Waals surface area (Å²) in [6.07, 6.45) is 0. The summed E-state index contributed by atoms with van der Waals surface area (Å²) in [6, 6.07) is 18.5. The molecule has 0 aromatic heterocycles. The van der Waals surface area contributed by atoms with Crippen LogP contribution in [0.3, 0.4) is 0 Å². The van der Waals surface area contributed by atoms with Gasteiger partial charge < -0.3 is 10.1 Å². The summed E-state index contributed by atoms with van der Waals surface area (Å²) in [5.74, 6) is 0.0340. The average Bonchev–Trinajstić information content (AvgIpc) is 2.64. The Morgan fingerprint density at radius 2 is 1.42 bits per heavy atom. The highest BCUT2D eigenvalue weighted by atomic mass is 35.5. The van der Waals surface area contributed by atoms with Crippen LogP contribution in [0.2, 0.25) is 5.02 Å². The molecule has 0 amide bonds. The van der Waals surface area contributed by atoms with Crippen molar-refractivity contribution >= 4 is 11.6 Å². The van der Waals surface area contributed by atoms with Gasteiger partial charge in [-0.05, 0) is 47.5 Å². The van der Waals surface area contributed by atoms with Gasteiger partial charge in [0.15, 0.2) is 0 Å². The summed E-state index contributed by atoms with van der Waals surface area (Å²) in [5.41, 5.74) is 2.45. The van der Waals surface area contributed by atoms with E-state index in [2.05, 4.69) is 5.32 Å². The van der Waals surface area contributed by atoms with Gasteiger partial charge in [0, 0.05) is 18.7 Å². The zero-order chi connectivity index (χ0) is 18.4. The van der Waals surface area contributed by atoms with Gasteiger partial charge in [-0.2, -0.15) is 0 Å². The molecule has 0 fully saturated rings. The predicted molar refractivity (Wildman–Crippen MR) is 99.1 cm³/mol. The van der Waals surface area contributed by atoms with Crippen LogP contribution in [0.4, 0.5) is 8.78 Å². The van der Waals surface area contributed by atoms with Crippen LogP contribution < -0.4 is 10.1 Å². The van der Waals surface area contributed by atoms with Crippen LogP contribution in [-0.2, 0) is 19.7 Å². The van der Waals surface area contributed by atoms with Crippen molar-refractivity contribution in [3.63, 3.8) is 0 Å². The maximum Gasteiger partial charge on any atom is 0.131 e. The van der Waals surface area contributed by atoms with Crippen molar-refractivity contribution in [3.8, 4) is 5.75 Å². The highest BCUT2D eigenvalue weighted by Gasteiger charge is 2.07. The fraction of sp³-hybridized carbons (Fsp3) is 0.143. The second-order valence-electron chi connectivity index (χ2n) is 5.86. The van der Waals surface area contributed by atoms with Gasteiger partial charge in [0.05, 0.1) is 5.02 Å². The minimum Gasteiger partial charge on any atom is -0.489 e. The molecule has 0 aliphatic rings. The summed E-state index contributed by atoms with van der Waals surface area (Å²) in [6.45, 7) is 1.41. The first-order valence-corrected chi connectivity index (χ1v) is 8.59. The molecule has 0 aliphatic carbocycles. The zero-order valence-electron chi connectivity index (χ0n) is 14.0. The minimum absolute atomic E-state index is 0.0771. The first-order valence-electron chi connectivity index (χ1n) is 8.21. The van der Waals surface area contributed by atoms with Crippen LogP contribution in [0.1, 0.15) is 16.7 Å². The van der Waals surface area contributed by atoms with Gasteiger partial charge in [0.2, 0.25) is 0 Å². The van der Waals surface area contributed by atoms with Crippen molar-refractivity contribution in [1.29, 1.82) is 0 Å². The van der Waals surface area contributed by atoms with Gasteiger partial charge in [-0.15, -0.1) is 0 Å². The molecule has 5 heteroatoms. The summed E-state index contributed by atoms with van der Waals surface area (Å²) < 4.78 is 32.2. The predicted octanol–water partition coefficient (Wildman–Crippen LogP) is 5.49. The number of hydrogen-bond donors (Lipinski definition) is 1. The third kappa shape index (κ3) is 5.04. The fourth-order valence-electron chi connectivity index (χ4n) is 2.48. The van der Waals surface area contributed by atoms with Crippen LogP contribution in [0.5, 0.6) is 5.75 Å². The normalized spacial score (nSPS) is 10.7.